The second-order valence-electron chi connectivity index (χ2n) is 5.06. The van der Waals surface area contributed by atoms with Gasteiger partial charge in [-0.25, -0.2) is 8.78 Å². The largest absolute Gasteiger partial charge is 0.206 e. The molecule has 0 aromatic heterocycles. The van der Waals surface area contributed by atoms with Crippen molar-refractivity contribution < 1.29 is 8.78 Å². The molecule has 3 aromatic rings. The predicted molar refractivity (Wildman–Crippen MR) is 92.5 cm³/mol. The van der Waals surface area contributed by atoms with E-state index in [-0.39, 0.29) is 5.56 Å². The zero-order chi connectivity index (χ0) is 16.8. The number of hydrogen-bond donors (Lipinski definition) is 0. The Morgan fingerprint density at radius 1 is 0.667 bits per heavy atom. The molecule has 0 spiro atoms. The Hall–Kier alpha value is -3.14. The van der Waals surface area contributed by atoms with Crippen molar-refractivity contribution in [2.75, 3.05) is 0 Å². The Morgan fingerprint density at radius 2 is 1.17 bits per heavy atom. The van der Waals surface area contributed by atoms with Crippen LogP contribution in [0.2, 0.25) is 0 Å². The van der Waals surface area contributed by atoms with Crippen LogP contribution in [0.1, 0.15) is 16.7 Å². The van der Waals surface area contributed by atoms with Crippen molar-refractivity contribution in [2.45, 2.75) is 0 Å². The number of halogens is 2. The van der Waals surface area contributed by atoms with Gasteiger partial charge in [0, 0.05) is 11.1 Å². The summed E-state index contributed by atoms with van der Waals surface area (Å²) >= 11 is 0. The molecule has 4 heteroatoms. The maximum absolute atomic E-state index is 13.6. The first kappa shape index (κ1) is 15.7. The van der Waals surface area contributed by atoms with Gasteiger partial charge in [0.05, 0.1) is 11.8 Å². The predicted octanol–water partition coefficient (Wildman–Crippen LogP) is 4.84. The van der Waals surface area contributed by atoms with Crippen molar-refractivity contribution in [3.8, 4) is 0 Å². The first-order chi connectivity index (χ1) is 11.8. The van der Waals surface area contributed by atoms with Crippen LogP contribution < -0.4 is 0 Å². The fourth-order valence-corrected chi connectivity index (χ4v) is 2.25. The molecule has 0 aliphatic carbocycles. The van der Waals surface area contributed by atoms with Crippen LogP contribution in [0.4, 0.5) is 8.78 Å². The highest BCUT2D eigenvalue weighted by Crippen LogP contribution is 2.12. The molecule has 2 nitrogen and oxygen atoms in total. The van der Waals surface area contributed by atoms with Gasteiger partial charge in [0.15, 0.2) is 0 Å². The van der Waals surface area contributed by atoms with Gasteiger partial charge in [-0.3, -0.25) is 0 Å². The molecule has 0 bridgehead atoms. The van der Waals surface area contributed by atoms with E-state index in [0.717, 1.165) is 17.3 Å². The molecule has 0 atom stereocenters. The number of hydrogen-bond acceptors (Lipinski definition) is 2. The molecule has 0 aliphatic heterocycles. The molecular formula is C20H14F2N2. The second kappa shape index (κ2) is 7.42. The fraction of sp³-hybridized carbons (Fsp3) is 0. The minimum atomic E-state index is -0.671. The highest BCUT2D eigenvalue weighted by atomic mass is 19.1. The minimum absolute atomic E-state index is 0.207. The first-order valence-corrected chi connectivity index (χ1v) is 7.41. The summed E-state index contributed by atoms with van der Waals surface area (Å²) in [6, 6.07) is 22.7. The molecule has 0 saturated heterocycles. The van der Waals surface area contributed by atoms with Gasteiger partial charge in [0.25, 0.3) is 0 Å². The fourth-order valence-electron chi connectivity index (χ4n) is 2.25. The summed E-state index contributed by atoms with van der Waals surface area (Å²) < 4.78 is 27.3. The lowest BCUT2D eigenvalue weighted by molar-refractivity contribution is 0.580. The van der Waals surface area contributed by atoms with Crippen LogP contribution in [0.3, 0.4) is 0 Å². The number of rotatable bonds is 4. The third kappa shape index (κ3) is 3.60. The van der Waals surface area contributed by atoms with Crippen LogP contribution in [0.5, 0.6) is 0 Å². The van der Waals surface area contributed by atoms with Gasteiger partial charge in [-0.15, -0.1) is 5.10 Å². The van der Waals surface area contributed by atoms with E-state index in [9.17, 15) is 8.78 Å². The Balaban J connectivity index is 2.00. The van der Waals surface area contributed by atoms with Gasteiger partial charge >= 0.3 is 0 Å². The second-order valence-corrected chi connectivity index (χ2v) is 5.06. The Kier molecular flexibility index (Phi) is 4.87. The molecule has 0 saturated carbocycles. The Bertz CT molecular complexity index is 811. The molecule has 0 fully saturated rings. The summed E-state index contributed by atoms with van der Waals surface area (Å²) in [6.07, 6.45) is 1.09. The average molecular weight is 320 g/mol. The van der Waals surface area contributed by atoms with E-state index < -0.39 is 11.6 Å². The third-order valence-corrected chi connectivity index (χ3v) is 3.44. The van der Waals surface area contributed by atoms with E-state index >= 15 is 0 Å². The van der Waals surface area contributed by atoms with Crippen LogP contribution in [-0.4, -0.2) is 11.9 Å². The Morgan fingerprint density at radius 3 is 1.67 bits per heavy atom. The quantitative estimate of drug-likeness (QED) is 0.485. The van der Waals surface area contributed by atoms with Gasteiger partial charge in [-0.1, -0.05) is 66.7 Å². The molecule has 0 N–H and O–H groups in total. The van der Waals surface area contributed by atoms with Crippen LogP contribution >= 0.6 is 0 Å². The average Bonchev–Trinajstić information content (AvgIpc) is 2.62. The molecule has 0 aliphatic rings. The summed E-state index contributed by atoms with van der Waals surface area (Å²) in [5, 5.41) is 8.09. The van der Waals surface area contributed by atoms with E-state index in [1.54, 1.807) is 0 Å². The van der Waals surface area contributed by atoms with Crippen molar-refractivity contribution in [1.82, 2.24) is 0 Å². The van der Waals surface area contributed by atoms with E-state index in [0.29, 0.717) is 5.71 Å². The van der Waals surface area contributed by atoms with E-state index in [1.807, 2.05) is 60.7 Å². The van der Waals surface area contributed by atoms with Crippen LogP contribution in [-0.2, 0) is 0 Å². The standard InChI is InChI=1S/C20H14F2N2/c21-18-12-7-13-19(22)17(18)14-23-24-20(15-8-3-1-4-9-15)16-10-5-2-6-11-16/h1-14H/b23-14-. The normalized spacial score (nSPS) is 10.8. The van der Waals surface area contributed by atoms with Crippen molar-refractivity contribution >= 4 is 11.9 Å². The summed E-state index contributed by atoms with van der Waals surface area (Å²) in [6.45, 7) is 0. The molecule has 0 radical (unpaired) electrons. The lowest BCUT2D eigenvalue weighted by Gasteiger charge is -2.05. The van der Waals surface area contributed by atoms with Gasteiger partial charge in [0.1, 0.15) is 17.3 Å². The highest BCUT2D eigenvalue weighted by Gasteiger charge is 2.07. The lowest BCUT2D eigenvalue weighted by atomic mass is 10.0. The maximum atomic E-state index is 13.6. The number of nitrogens with zero attached hydrogens (tertiary/aromatic N) is 2. The van der Waals surface area contributed by atoms with Gasteiger partial charge in [-0.2, -0.15) is 5.10 Å². The summed E-state index contributed by atoms with van der Waals surface area (Å²) in [5.41, 5.74) is 2.16. The number of benzene rings is 3. The smallest absolute Gasteiger partial charge is 0.134 e. The van der Waals surface area contributed by atoms with Gasteiger partial charge in [-0.05, 0) is 12.1 Å². The van der Waals surface area contributed by atoms with Crippen molar-refractivity contribution in [3.05, 3.63) is 107 Å². The lowest BCUT2D eigenvalue weighted by Crippen LogP contribution is -2.02. The first-order valence-electron chi connectivity index (χ1n) is 7.41. The van der Waals surface area contributed by atoms with Crippen LogP contribution in [0, 0.1) is 11.6 Å². The zero-order valence-corrected chi connectivity index (χ0v) is 12.7. The molecule has 0 amide bonds. The van der Waals surface area contributed by atoms with E-state index in [1.165, 1.54) is 18.2 Å². The highest BCUT2D eigenvalue weighted by molar-refractivity contribution is 6.12. The SMILES string of the molecule is Fc1cccc(F)c1/C=N\N=C(c1ccccc1)c1ccccc1. The van der Waals surface area contributed by atoms with E-state index in [2.05, 4.69) is 10.2 Å². The molecule has 0 unspecified atom stereocenters. The molecule has 118 valence electrons. The van der Waals surface area contributed by atoms with Gasteiger partial charge < -0.3 is 0 Å². The molecule has 24 heavy (non-hydrogen) atoms. The van der Waals surface area contributed by atoms with Crippen LogP contribution in [0.25, 0.3) is 0 Å². The summed E-state index contributed by atoms with van der Waals surface area (Å²) in [4.78, 5) is 0. The Labute approximate surface area is 138 Å². The van der Waals surface area contributed by atoms with Gasteiger partial charge in [0.2, 0.25) is 0 Å². The topological polar surface area (TPSA) is 24.7 Å². The van der Waals surface area contributed by atoms with Crippen molar-refractivity contribution in [3.63, 3.8) is 0 Å². The third-order valence-electron chi connectivity index (χ3n) is 3.44. The zero-order valence-electron chi connectivity index (χ0n) is 12.7. The monoisotopic (exact) mass is 320 g/mol. The summed E-state index contributed by atoms with van der Waals surface area (Å²) in [5.74, 6) is -1.34. The van der Waals surface area contributed by atoms with Crippen molar-refractivity contribution in [1.29, 1.82) is 0 Å². The molecule has 3 aromatic carbocycles. The van der Waals surface area contributed by atoms with Crippen molar-refractivity contribution in [2.24, 2.45) is 10.2 Å². The molecule has 0 heterocycles. The summed E-state index contributed by atoms with van der Waals surface area (Å²) in [7, 11) is 0. The molecular weight excluding hydrogens is 306 g/mol. The van der Waals surface area contributed by atoms with Crippen LogP contribution in [0.15, 0.2) is 89.1 Å². The van der Waals surface area contributed by atoms with E-state index in [4.69, 9.17) is 0 Å². The minimum Gasteiger partial charge on any atom is -0.206 e. The maximum Gasteiger partial charge on any atom is 0.134 e. The molecule has 3 rings (SSSR count).